The summed E-state index contributed by atoms with van der Waals surface area (Å²) in [6.07, 6.45) is 0.882. The van der Waals surface area contributed by atoms with Gasteiger partial charge < -0.3 is 5.73 Å². The number of benzene rings is 1. The third-order valence-corrected chi connectivity index (χ3v) is 2.48. The third-order valence-electron chi connectivity index (χ3n) is 2.48. The Labute approximate surface area is 112 Å². The van der Waals surface area contributed by atoms with Gasteiger partial charge in [0.25, 0.3) is 5.56 Å². The van der Waals surface area contributed by atoms with Crippen molar-refractivity contribution >= 4 is 18.1 Å². The molecular formula is C13H16ClN3O. The Morgan fingerprint density at radius 2 is 2.06 bits per heavy atom. The molecule has 0 atom stereocenters. The zero-order chi connectivity index (χ0) is 12.3. The summed E-state index contributed by atoms with van der Waals surface area (Å²) in [5.41, 5.74) is 8.04. The predicted octanol–water partition coefficient (Wildman–Crippen LogP) is 2.32. The smallest absolute Gasteiger partial charge is 0.266 e. The first kappa shape index (κ1) is 14.3. The van der Waals surface area contributed by atoms with E-state index >= 15 is 0 Å². The van der Waals surface area contributed by atoms with E-state index in [1.807, 2.05) is 31.2 Å². The maximum atomic E-state index is 11.5. The minimum atomic E-state index is -0.0699. The van der Waals surface area contributed by atoms with Crippen LogP contribution in [-0.4, -0.2) is 9.78 Å². The minimum Gasteiger partial charge on any atom is -0.399 e. The van der Waals surface area contributed by atoms with Gasteiger partial charge >= 0.3 is 0 Å². The summed E-state index contributed by atoms with van der Waals surface area (Å²) in [4.78, 5) is 11.5. The van der Waals surface area contributed by atoms with E-state index in [-0.39, 0.29) is 18.0 Å². The lowest BCUT2D eigenvalue weighted by Crippen LogP contribution is -2.21. The van der Waals surface area contributed by atoms with Crippen LogP contribution in [0.4, 0.5) is 5.69 Å². The maximum Gasteiger partial charge on any atom is 0.266 e. The van der Waals surface area contributed by atoms with Gasteiger partial charge in [-0.25, -0.2) is 4.68 Å². The van der Waals surface area contributed by atoms with Gasteiger partial charge in [-0.2, -0.15) is 5.10 Å². The number of halogens is 1. The van der Waals surface area contributed by atoms with Gasteiger partial charge in [-0.1, -0.05) is 19.1 Å². The van der Waals surface area contributed by atoms with Gasteiger partial charge in [0.05, 0.1) is 5.69 Å². The average molecular weight is 266 g/mol. The van der Waals surface area contributed by atoms with Crippen molar-refractivity contribution < 1.29 is 0 Å². The second kappa shape index (κ2) is 6.21. The van der Waals surface area contributed by atoms with Gasteiger partial charge in [0.1, 0.15) is 0 Å². The number of nitrogens with two attached hydrogens (primary N) is 1. The van der Waals surface area contributed by atoms with Gasteiger partial charge in [-0.3, -0.25) is 4.79 Å². The van der Waals surface area contributed by atoms with Crippen LogP contribution in [0.1, 0.15) is 13.3 Å². The van der Waals surface area contributed by atoms with Gasteiger partial charge in [0.2, 0.25) is 0 Å². The fraction of sp³-hybridized carbons (Fsp3) is 0.231. The first-order valence-corrected chi connectivity index (χ1v) is 5.65. The van der Waals surface area contributed by atoms with Crippen LogP contribution in [0.25, 0.3) is 11.3 Å². The van der Waals surface area contributed by atoms with Crippen molar-refractivity contribution in [2.24, 2.45) is 0 Å². The molecule has 4 nitrogen and oxygen atoms in total. The summed E-state index contributed by atoms with van der Waals surface area (Å²) in [7, 11) is 0. The molecule has 1 aromatic heterocycles. The summed E-state index contributed by atoms with van der Waals surface area (Å²) in [6.45, 7) is 2.65. The molecule has 0 amide bonds. The van der Waals surface area contributed by atoms with Crippen LogP contribution in [0.5, 0.6) is 0 Å². The summed E-state index contributed by atoms with van der Waals surface area (Å²) < 4.78 is 1.48. The second-order valence-corrected chi connectivity index (χ2v) is 3.91. The lowest BCUT2D eigenvalue weighted by molar-refractivity contribution is 0.570. The zero-order valence-corrected chi connectivity index (χ0v) is 11.0. The fourth-order valence-corrected chi connectivity index (χ4v) is 1.67. The topological polar surface area (TPSA) is 60.9 Å². The van der Waals surface area contributed by atoms with Crippen LogP contribution in [0.15, 0.2) is 41.2 Å². The van der Waals surface area contributed by atoms with E-state index in [4.69, 9.17) is 5.73 Å². The Bertz CT molecular complexity index is 580. The van der Waals surface area contributed by atoms with Gasteiger partial charge in [0, 0.05) is 23.9 Å². The quantitative estimate of drug-likeness (QED) is 0.867. The fourth-order valence-electron chi connectivity index (χ4n) is 1.67. The number of aromatic nitrogens is 2. The number of nitrogens with zero attached hydrogens (tertiary/aromatic N) is 2. The first-order valence-electron chi connectivity index (χ1n) is 5.65. The van der Waals surface area contributed by atoms with Crippen LogP contribution in [-0.2, 0) is 6.54 Å². The Kier molecular flexibility index (Phi) is 4.92. The number of rotatable bonds is 3. The molecule has 5 heteroatoms. The van der Waals surface area contributed by atoms with Gasteiger partial charge in [-0.05, 0) is 24.6 Å². The standard InChI is InChI=1S/C13H15N3O.ClH/c1-2-8-16-13(17)7-6-12(15-16)10-4-3-5-11(14)9-10;/h3-7,9H,2,8,14H2,1H3;1H. The molecule has 0 aliphatic heterocycles. The van der Waals surface area contributed by atoms with Crippen LogP contribution >= 0.6 is 12.4 Å². The highest BCUT2D eigenvalue weighted by Crippen LogP contribution is 2.17. The number of aryl methyl sites for hydroxylation is 1. The van der Waals surface area contributed by atoms with E-state index < -0.39 is 0 Å². The predicted molar refractivity (Wildman–Crippen MR) is 75.9 cm³/mol. The van der Waals surface area contributed by atoms with E-state index in [0.717, 1.165) is 17.7 Å². The molecule has 0 unspecified atom stereocenters. The van der Waals surface area contributed by atoms with E-state index in [1.165, 1.54) is 4.68 Å². The van der Waals surface area contributed by atoms with Gasteiger partial charge in [-0.15, -0.1) is 12.4 Å². The summed E-state index contributed by atoms with van der Waals surface area (Å²) >= 11 is 0. The molecule has 2 rings (SSSR count). The lowest BCUT2D eigenvalue weighted by Gasteiger charge is -2.06. The van der Waals surface area contributed by atoms with E-state index in [9.17, 15) is 4.79 Å². The normalized spacial score (nSPS) is 9.83. The van der Waals surface area contributed by atoms with Crippen molar-refractivity contribution in [3.63, 3.8) is 0 Å². The molecule has 18 heavy (non-hydrogen) atoms. The largest absolute Gasteiger partial charge is 0.399 e. The number of hydrogen-bond acceptors (Lipinski definition) is 3. The molecular weight excluding hydrogens is 250 g/mol. The van der Waals surface area contributed by atoms with Crippen molar-refractivity contribution in [2.75, 3.05) is 5.73 Å². The Morgan fingerprint density at radius 1 is 1.28 bits per heavy atom. The monoisotopic (exact) mass is 265 g/mol. The number of nitrogen functional groups attached to an aromatic ring is 1. The highest BCUT2D eigenvalue weighted by atomic mass is 35.5. The molecule has 2 aromatic rings. The number of anilines is 1. The highest BCUT2D eigenvalue weighted by Gasteiger charge is 2.02. The molecule has 0 saturated heterocycles. The van der Waals surface area contributed by atoms with Crippen molar-refractivity contribution in [3.05, 3.63) is 46.8 Å². The van der Waals surface area contributed by atoms with Crippen molar-refractivity contribution in [1.29, 1.82) is 0 Å². The minimum absolute atomic E-state index is 0. The first-order chi connectivity index (χ1) is 8.20. The molecule has 96 valence electrons. The van der Waals surface area contributed by atoms with Crippen LogP contribution in [0.3, 0.4) is 0 Å². The SMILES string of the molecule is CCCn1nc(-c2cccc(N)c2)ccc1=O.Cl. The van der Waals surface area contributed by atoms with Crippen LogP contribution in [0, 0.1) is 0 Å². The zero-order valence-electron chi connectivity index (χ0n) is 10.2. The lowest BCUT2D eigenvalue weighted by atomic mass is 10.1. The molecule has 2 N–H and O–H groups in total. The molecule has 0 radical (unpaired) electrons. The second-order valence-electron chi connectivity index (χ2n) is 3.91. The van der Waals surface area contributed by atoms with Crippen molar-refractivity contribution in [2.45, 2.75) is 19.9 Å². The molecule has 0 aliphatic carbocycles. The molecule has 0 fully saturated rings. The summed E-state index contributed by atoms with van der Waals surface area (Å²) in [5.74, 6) is 0. The van der Waals surface area contributed by atoms with Crippen molar-refractivity contribution in [3.8, 4) is 11.3 Å². The van der Waals surface area contributed by atoms with Crippen LogP contribution in [0.2, 0.25) is 0 Å². The number of hydrogen-bond donors (Lipinski definition) is 1. The summed E-state index contributed by atoms with van der Waals surface area (Å²) in [5, 5.41) is 4.32. The molecule has 1 heterocycles. The molecule has 0 spiro atoms. The molecule has 0 bridgehead atoms. The third kappa shape index (κ3) is 3.11. The highest BCUT2D eigenvalue weighted by molar-refractivity contribution is 5.85. The Hall–Kier alpha value is -1.81. The van der Waals surface area contributed by atoms with Crippen molar-refractivity contribution in [1.82, 2.24) is 9.78 Å². The van der Waals surface area contributed by atoms with E-state index in [1.54, 1.807) is 12.1 Å². The molecule has 0 aliphatic rings. The average Bonchev–Trinajstić information content (AvgIpc) is 2.32. The van der Waals surface area contributed by atoms with Gasteiger partial charge in [0.15, 0.2) is 0 Å². The molecule has 1 aromatic carbocycles. The maximum absolute atomic E-state index is 11.5. The van der Waals surface area contributed by atoms with E-state index in [2.05, 4.69) is 5.10 Å². The van der Waals surface area contributed by atoms with E-state index in [0.29, 0.717) is 12.2 Å². The molecule has 0 saturated carbocycles. The van der Waals surface area contributed by atoms with Crippen LogP contribution < -0.4 is 11.3 Å². The Balaban J connectivity index is 0.00000162. The Morgan fingerprint density at radius 3 is 2.72 bits per heavy atom. The summed E-state index contributed by atoms with van der Waals surface area (Å²) in [6, 6.07) is 10.8.